The third-order valence-electron chi connectivity index (χ3n) is 3.93. The van der Waals surface area contributed by atoms with E-state index in [-0.39, 0.29) is 11.9 Å². The molecule has 0 radical (unpaired) electrons. The van der Waals surface area contributed by atoms with E-state index in [1.807, 2.05) is 31.0 Å². The van der Waals surface area contributed by atoms with Crippen molar-refractivity contribution in [2.45, 2.75) is 32.2 Å². The summed E-state index contributed by atoms with van der Waals surface area (Å²) in [4.78, 5) is 4.45. The minimum absolute atomic E-state index is 0.0631. The van der Waals surface area contributed by atoms with Gasteiger partial charge in [-0.25, -0.2) is 4.39 Å². The summed E-state index contributed by atoms with van der Waals surface area (Å²) in [6.07, 6.45) is 3.31. The highest BCUT2D eigenvalue weighted by atomic mass is 19.1. The quantitative estimate of drug-likeness (QED) is 0.867. The smallest absolute Gasteiger partial charge is 0.146 e. The number of rotatable bonds is 6. The van der Waals surface area contributed by atoms with E-state index >= 15 is 0 Å². The van der Waals surface area contributed by atoms with Crippen molar-refractivity contribution in [3.63, 3.8) is 0 Å². The standard InChI is InChI=1S/C16H26FN3/c1-13(18)11-14-5-6-16(15(17)12-14)19(2)9-10-20-7-3-4-8-20/h5-6,12-13H,3-4,7-11,18H2,1-2H3. The largest absolute Gasteiger partial charge is 0.371 e. The van der Waals surface area contributed by atoms with Crippen LogP contribution in [0.1, 0.15) is 25.3 Å². The Morgan fingerprint density at radius 2 is 2.05 bits per heavy atom. The molecule has 0 amide bonds. The predicted molar refractivity (Wildman–Crippen MR) is 82.7 cm³/mol. The zero-order chi connectivity index (χ0) is 14.5. The molecule has 3 nitrogen and oxygen atoms in total. The van der Waals surface area contributed by atoms with Crippen molar-refractivity contribution in [1.82, 2.24) is 4.90 Å². The molecule has 1 heterocycles. The van der Waals surface area contributed by atoms with Gasteiger partial charge in [0.25, 0.3) is 0 Å². The third kappa shape index (κ3) is 4.18. The van der Waals surface area contributed by atoms with Crippen LogP contribution in [0.3, 0.4) is 0 Å². The average Bonchev–Trinajstić information content (AvgIpc) is 2.88. The Hall–Kier alpha value is -1.13. The number of likely N-dealkylation sites (tertiary alicyclic amines) is 1. The first-order valence-corrected chi connectivity index (χ1v) is 7.54. The third-order valence-corrected chi connectivity index (χ3v) is 3.93. The van der Waals surface area contributed by atoms with Crippen molar-refractivity contribution < 1.29 is 4.39 Å². The normalized spacial score (nSPS) is 17.4. The Balaban J connectivity index is 1.93. The van der Waals surface area contributed by atoms with Gasteiger partial charge < -0.3 is 15.5 Å². The van der Waals surface area contributed by atoms with Crippen LogP contribution >= 0.6 is 0 Å². The molecule has 0 spiro atoms. The fourth-order valence-corrected chi connectivity index (χ4v) is 2.78. The average molecular weight is 279 g/mol. The summed E-state index contributed by atoms with van der Waals surface area (Å²) >= 11 is 0. The maximum absolute atomic E-state index is 14.2. The Morgan fingerprint density at radius 3 is 2.65 bits per heavy atom. The zero-order valence-electron chi connectivity index (χ0n) is 12.6. The molecule has 1 aliphatic heterocycles. The van der Waals surface area contributed by atoms with E-state index in [1.54, 1.807) is 6.07 Å². The number of hydrogen-bond donors (Lipinski definition) is 1. The molecule has 20 heavy (non-hydrogen) atoms. The highest BCUT2D eigenvalue weighted by Gasteiger charge is 2.14. The molecule has 1 aliphatic rings. The van der Waals surface area contributed by atoms with E-state index in [9.17, 15) is 4.39 Å². The molecule has 0 aliphatic carbocycles. The molecule has 112 valence electrons. The van der Waals surface area contributed by atoms with E-state index in [4.69, 9.17) is 5.73 Å². The van der Waals surface area contributed by atoms with Crippen LogP contribution in [-0.2, 0) is 6.42 Å². The van der Waals surface area contributed by atoms with Crippen LogP contribution in [0.15, 0.2) is 18.2 Å². The van der Waals surface area contributed by atoms with Gasteiger partial charge >= 0.3 is 0 Å². The van der Waals surface area contributed by atoms with Gasteiger partial charge in [0.15, 0.2) is 0 Å². The minimum Gasteiger partial charge on any atom is -0.371 e. The summed E-state index contributed by atoms with van der Waals surface area (Å²) in [5.74, 6) is -0.146. The molecule has 1 unspecified atom stereocenters. The van der Waals surface area contributed by atoms with E-state index in [1.165, 1.54) is 25.9 Å². The lowest BCUT2D eigenvalue weighted by Gasteiger charge is -2.24. The Bertz CT molecular complexity index is 428. The lowest BCUT2D eigenvalue weighted by Crippen LogP contribution is -2.31. The molecule has 0 bridgehead atoms. The maximum atomic E-state index is 14.2. The molecule has 1 aromatic carbocycles. The molecule has 1 atom stereocenters. The molecule has 2 rings (SSSR count). The number of hydrogen-bond acceptors (Lipinski definition) is 3. The Morgan fingerprint density at radius 1 is 1.35 bits per heavy atom. The summed E-state index contributed by atoms with van der Waals surface area (Å²) in [5, 5.41) is 0. The van der Waals surface area contributed by atoms with Gasteiger partial charge in [0.1, 0.15) is 5.82 Å². The fraction of sp³-hybridized carbons (Fsp3) is 0.625. The molecule has 0 aromatic heterocycles. The lowest BCUT2D eigenvalue weighted by molar-refractivity contribution is 0.346. The van der Waals surface area contributed by atoms with Gasteiger partial charge in [-0.3, -0.25) is 0 Å². The number of nitrogens with zero attached hydrogens (tertiary/aromatic N) is 2. The first-order valence-electron chi connectivity index (χ1n) is 7.54. The van der Waals surface area contributed by atoms with Crippen LogP contribution < -0.4 is 10.6 Å². The summed E-state index contributed by atoms with van der Waals surface area (Å²) < 4.78 is 14.2. The van der Waals surface area contributed by atoms with Crippen molar-refractivity contribution in [2.75, 3.05) is 38.1 Å². The van der Waals surface area contributed by atoms with Gasteiger partial charge in [0.05, 0.1) is 5.69 Å². The van der Waals surface area contributed by atoms with Gasteiger partial charge in [-0.05, 0) is 57.0 Å². The van der Waals surface area contributed by atoms with Gasteiger partial charge in [0.2, 0.25) is 0 Å². The second-order valence-corrected chi connectivity index (χ2v) is 5.94. The number of halogens is 1. The van der Waals surface area contributed by atoms with E-state index in [0.29, 0.717) is 12.1 Å². The molecular formula is C16H26FN3. The summed E-state index contributed by atoms with van der Waals surface area (Å²) in [6, 6.07) is 5.53. The first-order chi connectivity index (χ1) is 9.56. The summed E-state index contributed by atoms with van der Waals surface area (Å²) in [7, 11) is 1.96. The molecule has 1 fully saturated rings. The fourth-order valence-electron chi connectivity index (χ4n) is 2.78. The molecule has 4 heteroatoms. The molecule has 1 aromatic rings. The van der Waals surface area contributed by atoms with E-state index in [0.717, 1.165) is 18.7 Å². The monoisotopic (exact) mass is 279 g/mol. The van der Waals surface area contributed by atoms with Crippen LogP contribution in [-0.4, -0.2) is 44.2 Å². The second kappa shape index (κ2) is 7.04. The highest BCUT2D eigenvalue weighted by molar-refractivity contribution is 5.48. The number of nitrogens with two attached hydrogens (primary N) is 1. The Kier molecular flexibility index (Phi) is 5.38. The zero-order valence-corrected chi connectivity index (χ0v) is 12.6. The minimum atomic E-state index is -0.146. The summed E-state index contributed by atoms with van der Waals surface area (Å²) in [6.45, 7) is 6.18. The maximum Gasteiger partial charge on any atom is 0.146 e. The van der Waals surface area contributed by atoms with E-state index in [2.05, 4.69) is 4.90 Å². The van der Waals surface area contributed by atoms with E-state index < -0.39 is 0 Å². The molecule has 2 N–H and O–H groups in total. The van der Waals surface area contributed by atoms with Crippen molar-refractivity contribution in [2.24, 2.45) is 5.73 Å². The van der Waals surface area contributed by atoms with Crippen molar-refractivity contribution in [3.05, 3.63) is 29.6 Å². The lowest BCUT2D eigenvalue weighted by atomic mass is 10.1. The number of benzene rings is 1. The number of likely N-dealkylation sites (N-methyl/N-ethyl adjacent to an activating group) is 1. The van der Waals surface area contributed by atoms with Gasteiger partial charge in [-0.1, -0.05) is 6.07 Å². The molecular weight excluding hydrogens is 253 g/mol. The van der Waals surface area contributed by atoms with Gasteiger partial charge in [-0.2, -0.15) is 0 Å². The topological polar surface area (TPSA) is 32.5 Å². The Labute approximate surface area is 121 Å². The molecule has 1 saturated heterocycles. The predicted octanol–water partition coefficient (Wildman–Crippen LogP) is 2.25. The van der Waals surface area contributed by atoms with Crippen LogP contribution in [0, 0.1) is 5.82 Å². The van der Waals surface area contributed by atoms with Crippen LogP contribution in [0.4, 0.5) is 10.1 Å². The molecule has 0 saturated carbocycles. The van der Waals surface area contributed by atoms with Crippen molar-refractivity contribution in [1.29, 1.82) is 0 Å². The van der Waals surface area contributed by atoms with Gasteiger partial charge in [0, 0.05) is 26.2 Å². The SMILES string of the molecule is CC(N)Cc1ccc(N(C)CCN2CCCC2)c(F)c1. The highest BCUT2D eigenvalue weighted by Crippen LogP contribution is 2.20. The number of anilines is 1. The van der Waals surface area contributed by atoms with Crippen LogP contribution in [0.2, 0.25) is 0 Å². The first kappa shape index (κ1) is 15.3. The van der Waals surface area contributed by atoms with Crippen LogP contribution in [0.25, 0.3) is 0 Å². The van der Waals surface area contributed by atoms with Crippen molar-refractivity contribution >= 4 is 5.69 Å². The summed E-state index contributed by atoms with van der Waals surface area (Å²) in [5.41, 5.74) is 7.40. The van der Waals surface area contributed by atoms with Gasteiger partial charge in [-0.15, -0.1) is 0 Å². The van der Waals surface area contributed by atoms with Crippen LogP contribution in [0.5, 0.6) is 0 Å². The second-order valence-electron chi connectivity index (χ2n) is 5.94. The van der Waals surface area contributed by atoms with Crippen molar-refractivity contribution in [3.8, 4) is 0 Å².